The Bertz CT molecular complexity index is 363. The maximum atomic E-state index is 5.08. The van der Waals surface area contributed by atoms with Crippen molar-refractivity contribution >= 4 is 11.6 Å². The highest BCUT2D eigenvalue weighted by Crippen LogP contribution is 2.11. The van der Waals surface area contributed by atoms with E-state index in [4.69, 9.17) is 4.74 Å². The van der Waals surface area contributed by atoms with Gasteiger partial charge in [0.05, 0.1) is 13.2 Å². The van der Waals surface area contributed by atoms with Crippen molar-refractivity contribution < 1.29 is 4.74 Å². The van der Waals surface area contributed by atoms with Crippen LogP contribution in [-0.4, -0.2) is 26.2 Å². The molecule has 1 heterocycles. The van der Waals surface area contributed by atoms with Crippen molar-refractivity contribution in [3.63, 3.8) is 0 Å². The highest BCUT2D eigenvalue weighted by molar-refractivity contribution is 5.94. The van der Waals surface area contributed by atoms with Gasteiger partial charge in [0.15, 0.2) is 5.96 Å². The molecule has 0 fully saturated rings. The van der Waals surface area contributed by atoms with Crippen molar-refractivity contribution in [2.24, 2.45) is 4.99 Å². The van der Waals surface area contributed by atoms with Gasteiger partial charge in [-0.3, -0.25) is 4.99 Å². The lowest BCUT2D eigenvalue weighted by Gasteiger charge is -2.07. The van der Waals surface area contributed by atoms with Gasteiger partial charge in [0.1, 0.15) is 0 Å². The zero-order chi connectivity index (χ0) is 10.5. The van der Waals surface area contributed by atoms with Gasteiger partial charge in [-0.1, -0.05) is 12.1 Å². The van der Waals surface area contributed by atoms with Gasteiger partial charge in [-0.15, -0.1) is 0 Å². The minimum Gasteiger partial charge on any atom is -0.380 e. The smallest absolute Gasteiger partial charge is 0.195 e. The van der Waals surface area contributed by atoms with E-state index in [9.17, 15) is 0 Å². The summed E-state index contributed by atoms with van der Waals surface area (Å²) in [5, 5.41) is 6.39. The average Bonchev–Trinajstić information content (AvgIpc) is 2.71. The predicted molar refractivity (Wildman–Crippen MR) is 61.1 cm³/mol. The summed E-state index contributed by atoms with van der Waals surface area (Å²) in [6.07, 6.45) is 0. The molecule has 0 aliphatic carbocycles. The monoisotopic (exact) mass is 205 g/mol. The maximum absolute atomic E-state index is 5.08. The summed E-state index contributed by atoms with van der Waals surface area (Å²) in [7, 11) is 1.70. The third-order valence-electron chi connectivity index (χ3n) is 2.17. The van der Waals surface area contributed by atoms with E-state index in [2.05, 4.69) is 21.7 Å². The van der Waals surface area contributed by atoms with Crippen LogP contribution in [0.25, 0.3) is 0 Å². The van der Waals surface area contributed by atoms with E-state index in [1.165, 1.54) is 0 Å². The van der Waals surface area contributed by atoms with Gasteiger partial charge in [0, 0.05) is 19.3 Å². The Morgan fingerprint density at radius 3 is 3.20 bits per heavy atom. The SMILES string of the molecule is COCc1cccc(NC2=NCCN2)c1. The van der Waals surface area contributed by atoms with Crippen LogP contribution in [0.4, 0.5) is 5.69 Å². The fourth-order valence-corrected chi connectivity index (χ4v) is 1.52. The Morgan fingerprint density at radius 2 is 2.47 bits per heavy atom. The van der Waals surface area contributed by atoms with Crippen LogP contribution in [-0.2, 0) is 11.3 Å². The van der Waals surface area contributed by atoms with Crippen molar-refractivity contribution in [1.82, 2.24) is 5.32 Å². The number of ether oxygens (including phenoxy) is 1. The van der Waals surface area contributed by atoms with Crippen LogP contribution in [0.5, 0.6) is 0 Å². The lowest BCUT2D eigenvalue weighted by atomic mass is 10.2. The molecule has 1 aliphatic rings. The highest BCUT2D eigenvalue weighted by atomic mass is 16.5. The van der Waals surface area contributed by atoms with Crippen LogP contribution in [0.3, 0.4) is 0 Å². The topological polar surface area (TPSA) is 45.6 Å². The fraction of sp³-hybridized carbons (Fsp3) is 0.364. The van der Waals surface area contributed by atoms with Crippen LogP contribution in [0.1, 0.15) is 5.56 Å². The molecule has 0 saturated carbocycles. The number of guanidine groups is 1. The number of methoxy groups -OCH3 is 1. The molecule has 0 unspecified atom stereocenters. The minimum absolute atomic E-state index is 0.634. The van der Waals surface area contributed by atoms with E-state index >= 15 is 0 Å². The number of benzene rings is 1. The summed E-state index contributed by atoms with van der Waals surface area (Å²) >= 11 is 0. The van der Waals surface area contributed by atoms with Crippen LogP contribution >= 0.6 is 0 Å². The molecule has 0 radical (unpaired) electrons. The second kappa shape index (κ2) is 4.79. The molecule has 0 atom stereocenters. The second-order valence-electron chi connectivity index (χ2n) is 3.42. The summed E-state index contributed by atoms with van der Waals surface area (Å²) in [5.41, 5.74) is 2.19. The van der Waals surface area contributed by atoms with Crippen molar-refractivity contribution in [3.05, 3.63) is 29.8 Å². The summed E-state index contributed by atoms with van der Waals surface area (Å²) < 4.78 is 5.08. The van der Waals surface area contributed by atoms with Gasteiger partial charge in [-0.25, -0.2) is 0 Å². The third kappa shape index (κ3) is 2.70. The number of nitrogens with one attached hydrogen (secondary N) is 2. The second-order valence-corrected chi connectivity index (χ2v) is 3.42. The van der Waals surface area contributed by atoms with Gasteiger partial charge in [-0.05, 0) is 17.7 Å². The summed E-state index contributed by atoms with van der Waals surface area (Å²) in [6.45, 7) is 2.40. The molecule has 1 aliphatic heterocycles. The predicted octanol–water partition coefficient (Wildman–Crippen LogP) is 1.20. The van der Waals surface area contributed by atoms with E-state index in [0.717, 1.165) is 30.3 Å². The molecule has 1 aromatic rings. The van der Waals surface area contributed by atoms with E-state index in [1.807, 2.05) is 18.2 Å². The Labute approximate surface area is 89.4 Å². The number of hydrogen-bond donors (Lipinski definition) is 2. The summed E-state index contributed by atoms with van der Waals surface area (Å²) in [6, 6.07) is 8.12. The number of rotatable bonds is 3. The average molecular weight is 205 g/mol. The Kier molecular flexibility index (Phi) is 3.19. The Morgan fingerprint density at radius 1 is 1.53 bits per heavy atom. The van der Waals surface area contributed by atoms with Gasteiger partial charge in [0.2, 0.25) is 0 Å². The molecule has 80 valence electrons. The number of hydrogen-bond acceptors (Lipinski definition) is 4. The molecule has 4 nitrogen and oxygen atoms in total. The van der Waals surface area contributed by atoms with Crippen molar-refractivity contribution in [2.75, 3.05) is 25.5 Å². The molecule has 15 heavy (non-hydrogen) atoms. The first-order valence-electron chi connectivity index (χ1n) is 5.02. The molecule has 0 saturated heterocycles. The Hall–Kier alpha value is -1.55. The van der Waals surface area contributed by atoms with Crippen LogP contribution in [0, 0.1) is 0 Å². The fourth-order valence-electron chi connectivity index (χ4n) is 1.52. The van der Waals surface area contributed by atoms with E-state index in [-0.39, 0.29) is 0 Å². The molecule has 2 N–H and O–H groups in total. The summed E-state index contributed by atoms with van der Waals surface area (Å²) in [4.78, 5) is 4.27. The third-order valence-corrected chi connectivity index (χ3v) is 2.17. The maximum Gasteiger partial charge on any atom is 0.195 e. The first kappa shape index (κ1) is 9.98. The molecule has 0 spiro atoms. The highest BCUT2D eigenvalue weighted by Gasteiger charge is 2.04. The number of aliphatic imine (C=N–C) groups is 1. The minimum atomic E-state index is 0.634. The molecule has 1 aromatic carbocycles. The Balaban J connectivity index is 2.04. The van der Waals surface area contributed by atoms with Crippen LogP contribution < -0.4 is 10.6 Å². The first-order valence-corrected chi connectivity index (χ1v) is 5.02. The standard InChI is InChI=1S/C11H15N3O/c1-15-8-9-3-2-4-10(7-9)14-11-12-5-6-13-11/h2-4,7H,5-6,8H2,1H3,(H2,12,13,14). The van der Waals surface area contributed by atoms with Crippen molar-refractivity contribution in [3.8, 4) is 0 Å². The van der Waals surface area contributed by atoms with Gasteiger partial charge in [0.25, 0.3) is 0 Å². The van der Waals surface area contributed by atoms with Crippen LogP contribution in [0.2, 0.25) is 0 Å². The number of anilines is 1. The van der Waals surface area contributed by atoms with E-state index in [0.29, 0.717) is 6.61 Å². The lowest BCUT2D eigenvalue weighted by Crippen LogP contribution is -2.26. The van der Waals surface area contributed by atoms with Crippen molar-refractivity contribution in [1.29, 1.82) is 0 Å². The van der Waals surface area contributed by atoms with Crippen LogP contribution in [0.15, 0.2) is 29.3 Å². The molecule has 4 heteroatoms. The summed E-state index contributed by atoms with van der Waals surface area (Å²) in [5.74, 6) is 0.851. The lowest BCUT2D eigenvalue weighted by molar-refractivity contribution is 0.185. The van der Waals surface area contributed by atoms with Gasteiger partial charge in [-0.2, -0.15) is 0 Å². The first-order chi connectivity index (χ1) is 7.38. The zero-order valence-corrected chi connectivity index (χ0v) is 8.79. The quantitative estimate of drug-likeness (QED) is 0.779. The van der Waals surface area contributed by atoms with E-state index < -0.39 is 0 Å². The molecule has 0 bridgehead atoms. The molecular weight excluding hydrogens is 190 g/mol. The molecule has 0 aromatic heterocycles. The normalized spacial score (nSPS) is 14.6. The van der Waals surface area contributed by atoms with Crippen molar-refractivity contribution in [2.45, 2.75) is 6.61 Å². The molecule has 2 rings (SSSR count). The molecule has 0 amide bonds. The van der Waals surface area contributed by atoms with Gasteiger partial charge >= 0.3 is 0 Å². The van der Waals surface area contributed by atoms with Gasteiger partial charge < -0.3 is 15.4 Å². The number of nitrogens with zero attached hydrogens (tertiary/aromatic N) is 1. The van der Waals surface area contributed by atoms with E-state index in [1.54, 1.807) is 7.11 Å². The molecular formula is C11H15N3O. The zero-order valence-electron chi connectivity index (χ0n) is 8.79. The largest absolute Gasteiger partial charge is 0.380 e.